The van der Waals surface area contributed by atoms with E-state index >= 15 is 0 Å². The van der Waals surface area contributed by atoms with Crippen molar-refractivity contribution in [3.8, 4) is 0 Å². The molecule has 0 bridgehead atoms. The average molecular weight is 327 g/mol. The third-order valence-corrected chi connectivity index (χ3v) is 4.48. The molecular weight excluding hydrogens is 314 g/mol. The topological polar surface area (TPSA) is 126 Å². The molecule has 0 unspecified atom stereocenters. The number of carbonyl (C=O) groups is 1. The number of H-pyrrole nitrogens is 1. The van der Waals surface area contributed by atoms with Crippen LogP contribution in [0.5, 0.6) is 0 Å². The predicted octanol–water partition coefficient (Wildman–Crippen LogP) is -0.863. The highest BCUT2D eigenvalue weighted by atomic mass is 32.2. The maximum Gasteiger partial charge on any atom is 0.362 e. The molecule has 1 aromatic heterocycles. The van der Waals surface area contributed by atoms with E-state index in [1.165, 1.54) is 38.4 Å². The van der Waals surface area contributed by atoms with Crippen LogP contribution in [0.15, 0.2) is 40.3 Å². The van der Waals surface area contributed by atoms with Crippen LogP contribution in [-0.4, -0.2) is 47.8 Å². The normalized spacial score (nSPS) is 11.6. The molecular formula is C11H13N5O5S. The SMILES string of the molecule is CON(C)S(=O)(=O)c1ccc(C(=O)Nn2cn[nH]c2=O)cc1. The van der Waals surface area contributed by atoms with Gasteiger partial charge in [0.1, 0.15) is 6.33 Å². The molecule has 1 amide bonds. The van der Waals surface area contributed by atoms with Gasteiger partial charge in [-0.2, -0.15) is 9.77 Å². The summed E-state index contributed by atoms with van der Waals surface area (Å²) in [7, 11) is -1.30. The quantitative estimate of drug-likeness (QED) is 0.688. The van der Waals surface area contributed by atoms with Crippen molar-refractivity contribution in [3.05, 3.63) is 46.6 Å². The molecule has 0 atom stereocenters. The molecule has 1 heterocycles. The van der Waals surface area contributed by atoms with Gasteiger partial charge in [-0.3, -0.25) is 15.1 Å². The van der Waals surface area contributed by atoms with Crippen molar-refractivity contribution >= 4 is 15.9 Å². The highest BCUT2D eigenvalue weighted by Gasteiger charge is 2.21. The summed E-state index contributed by atoms with van der Waals surface area (Å²) in [5.41, 5.74) is 1.86. The van der Waals surface area contributed by atoms with Crippen molar-refractivity contribution in [1.82, 2.24) is 19.3 Å². The van der Waals surface area contributed by atoms with Crippen LogP contribution in [0, 0.1) is 0 Å². The molecule has 0 saturated heterocycles. The minimum Gasteiger partial charge on any atom is -0.288 e. The monoisotopic (exact) mass is 327 g/mol. The van der Waals surface area contributed by atoms with Crippen LogP contribution >= 0.6 is 0 Å². The number of hydroxylamine groups is 1. The second-order valence-corrected chi connectivity index (χ2v) is 6.03. The lowest BCUT2D eigenvalue weighted by Crippen LogP contribution is -2.31. The summed E-state index contributed by atoms with van der Waals surface area (Å²) in [6.45, 7) is 0. The maximum atomic E-state index is 12.0. The summed E-state index contributed by atoms with van der Waals surface area (Å²) in [6.07, 6.45) is 1.10. The van der Waals surface area contributed by atoms with Crippen LogP contribution in [-0.2, 0) is 14.9 Å². The number of nitrogens with zero attached hydrogens (tertiary/aromatic N) is 3. The zero-order chi connectivity index (χ0) is 16.3. The number of amides is 1. The molecule has 1 aromatic carbocycles. The van der Waals surface area contributed by atoms with Crippen molar-refractivity contribution in [2.75, 3.05) is 19.6 Å². The van der Waals surface area contributed by atoms with Crippen LogP contribution in [0.4, 0.5) is 0 Å². The Morgan fingerprint density at radius 1 is 1.36 bits per heavy atom. The number of rotatable bonds is 5. The highest BCUT2D eigenvalue weighted by Crippen LogP contribution is 2.15. The minimum absolute atomic E-state index is 0.0334. The average Bonchev–Trinajstić information content (AvgIpc) is 2.91. The first kappa shape index (κ1) is 15.9. The van der Waals surface area contributed by atoms with E-state index in [4.69, 9.17) is 0 Å². The first-order valence-electron chi connectivity index (χ1n) is 5.92. The number of nitrogens with one attached hydrogen (secondary N) is 2. The van der Waals surface area contributed by atoms with E-state index in [0.717, 1.165) is 11.0 Å². The van der Waals surface area contributed by atoms with Gasteiger partial charge in [-0.05, 0) is 24.3 Å². The van der Waals surface area contributed by atoms with Crippen LogP contribution in [0.3, 0.4) is 0 Å². The molecule has 118 valence electrons. The van der Waals surface area contributed by atoms with Gasteiger partial charge in [0.25, 0.3) is 15.9 Å². The molecule has 22 heavy (non-hydrogen) atoms. The zero-order valence-electron chi connectivity index (χ0n) is 11.7. The first-order valence-corrected chi connectivity index (χ1v) is 7.36. The van der Waals surface area contributed by atoms with E-state index < -0.39 is 21.6 Å². The van der Waals surface area contributed by atoms with E-state index in [9.17, 15) is 18.0 Å². The Labute approximate surface area is 125 Å². The number of benzene rings is 1. The number of aromatic nitrogens is 3. The molecule has 0 aliphatic carbocycles. The van der Waals surface area contributed by atoms with Crippen molar-refractivity contribution in [2.24, 2.45) is 0 Å². The van der Waals surface area contributed by atoms with Crippen LogP contribution < -0.4 is 11.1 Å². The summed E-state index contributed by atoms with van der Waals surface area (Å²) in [5, 5.41) is 5.57. The molecule has 0 spiro atoms. The second kappa shape index (κ2) is 6.09. The van der Waals surface area contributed by atoms with Gasteiger partial charge in [-0.1, -0.05) is 4.47 Å². The number of hydrogen-bond acceptors (Lipinski definition) is 6. The smallest absolute Gasteiger partial charge is 0.288 e. The van der Waals surface area contributed by atoms with Crippen molar-refractivity contribution < 1.29 is 18.0 Å². The van der Waals surface area contributed by atoms with Crippen LogP contribution in [0.2, 0.25) is 0 Å². The Morgan fingerprint density at radius 2 is 2.00 bits per heavy atom. The Balaban J connectivity index is 2.20. The summed E-state index contributed by atoms with van der Waals surface area (Å²) >= 11 is 0. The molecule has 0 saturated carbocycles. The number of aromatic amines is 1. The number of hydrogen-bond donors (Lipinski definition) is 2. The molecule has 0 radical (unpaired) electrons. The number of sulfonamides is 1. The minimum atomic E-state index is -3.78. The van der Waals surface area contributed by atoms with Gasteiger partial charge in [-0.25, -0.2) is 18.3 Å². The van der Waals surface area contributed by atoms with Gasteiger partial charge in [0.2, 0.25) is 0 Å². The van der Waals surface area contributed by atoms with E-state index in [0.29, 0.717) is 4.47 Å². The Bertz CT molecular complexity index is 823. The lowest BCUT2D eigenvalue weighted by atomic mass is 10.2. The Morgan fingerprint density at radius 3 is 2.50 bits per heavy atom. The molecule has 11 heteroatoms. The van der Waals surface area contributed by atoms with Crippen LogP contribution in [0.1, 0.15) is 10.4 Å². The molecule has 2 N–H and O–H groups in total. The third-order valence-electron chi connectivity index (χ3n) is 2.78. The zero-order valence-corrected chi connectivity index (χ0v) is 12.5. The fourth-order valence-electron chi connectivity index (χ4n) is 1.53. The van der Waals surface area contributed by atoms with Gasteiger partial charge in [-0.15, -0.1) is 0 Å². The predicted molar refractivity (Wildman–Crippen MR) is 74.9 cm³/mol. The second-order valence-electron chi connectivity index (χ2n) is 4.09. The lowest BCUT2D eigenvalue weighted by molar-refractivity contribution is -0.0258. The summed E-state index contributed by atoms with van der Waals surface area (Å²) < 4.78 is 25.5. The molecule has 2 rings (SSSR count). The van der Waals surface area contributed by atoms with Crippen molar-refractivity contribution in [2.45, 2.75) is 4.90 Å². The van der Waals surface area contributed by atoms with E-state index in [1.807, 2.05) is 0 Å². The van der Waals surface area contributed by atoms with Gasteiger partial charge < -0.3 is 0 Å². The molecule has 0 aliphatic rings. The maximum absolute atomic E-state index is 12.0. The van der Waals surface area contributed by atoms with Gasteiger partial charge in [0, 0.05) is 12.6 Å². The largest absolute Gasteiger partial charge is 0.362 e. The summed E-state index contributed by atoms with van der Waals surface area (Å²) in [5.74, 6) is -0.590. The fraction of sp³-hybridized carbons (Fsp3) is 0.182. The van der Waals surface area contributed by atoms with Gasteiger partial charge in [0.15, 0.2) is 0 Å². The summed E-state index contributed by atoms with van der Waals surface area (Å²) in [6, 6.07) is 5.16. The van der Waals surface area contributed by atoms with Crippen molar-refractivity contribution in [3.63, 3.8) is 0 Å². The molecule has 0 fully saturated rings. The van der Waals surface area contributed by atoms with E-state index in [2.05, 4.69) is 20.5 Å². The van der Waals surface area contributed by atoms with Gasteiger partial charge in [0.05, 0.1) is 12.0 Å². The molecule has 0 aliphatic heterocycles. The van der Waals surface area contributed by atoms with E-state index in [-0.39, 0.29) is 10.5 Å². The van der Waals surface area contributed by atoms with Crippen molar-refractivity contribution in [1.29, 1.82) is 0 Å². The molecule has 2 aromatic rings. The number of carbonyl (C=O) groups excluding carboxylic acids is 1. The van der Waals surface area contributed by atoms with Gasteiger partial charge >= 0.3 is 5.69 Å². The lowest BCUT2D eigenvalue weighted by Gasteiger charge is -2.14. The Hall–Kier alpha value is -2.50. The third kappa shape index (κ3) is 3.05. The van der Waals surface area contributed by atoms with E-state index in [1.54, 1.807) is 0 Å². The fourth-order valence-corrected chi connectivity index (χ4v) is 2.50. The Kier molecular flexibility index (Phi) is 4.40. The first-order chi connectivity index (χ1) is 10.4. The molecule has 10 nitrogen and oxygen atoms in total. The summed E-state index contributed by atoms with van der Waals surface area (Å²) in [4.78, 5) is 27.7. The highest BCUT2D eigenvalue weighted by molar-refractivity contribution is 7.89. The standard InChI is InChI=1S/C11H13N5O5S/c1-15(21-2)22(19,20)9-5-3-8(4-6-9)10(17)14-16-7-12-13-11(16)18/h3-7H,1-2H3,(H,13,18)(H,14,17). The van der Waals surface area contributed by atoms with Crippen LogP contribution in [0.25, 0.3) is 0 Å².